The molecule has 4 nitrogen and oxygen atoms in total. The molecule has 0 aliphatic heterocycles. The van der Waals surface area contributed by atoms with Crippen molar-refractivity contribution in [3.05, 3.63) is 48.0 Å². The summed E-state index contributed by atoms with van der Waals surface area (Å²) >= 11 is 0. The van der Waals surface area contributed by atoms with Gasteiger partial charge in [-0.05, 0) is 30.5 Å². The van der Waals surface area contributed by atoms with Crippen LogP contribution in [0.15, 0.2) is 36.8 Å². The number of hydrogen-bond donors (Lipinski definition) is 1. The number of methoxy groups -OCH3 is 1. The largest absolute Gasteiger partial charge is 0.497 e. The molecule has 96 valence electrons. The molecule has 0 aliphatic rings. The third-order valence-corrected chi connectivity index (χ3v) is 3.01. The van der Waals surface area contributed by atoms with Gasteiger partial charge in [-0.2, -0.15) is 0 Å². The second-order valence-electron chi connectivity index (χ2n) is 4.46. The van der Waals surface area contributed by atoms with Crippen LogP contribution in [0.1, 0.15) is 23.7 Å². The van der Waals surface area contributed by atoms with Crippen molar-refractivity contribution in [3.63, 3.8) is 0 Å². The smallest absolute Gasteiger partial charge is 0.118 e. The quantitative estimate of drug-likeness (QED) is 0.877. The number of hydrogen-bond acceptors (Lipinski definition) is 3. The molecule has 2 aromatic rings. The van der Waals surface area contributed by atoms with Gasteiger partial charge in [0.25, 0.3) is 0 Å². The lowest BCUT2D eigenvalue weighted by Gasteiger charge is -2.09. The Hall–Kier alpha value is -1.81. The van der Waals surface area contributed by atoms with Crippen LogP contribution in [-0.2, 0) is 13.5 Å². The number of ether oxygens (including phenoxy) is 1. The Balaban J connectivity index is 1.90. The maximum Gasteiger partial charge on any atom is 0.118 e. The first kappa shape index (κ1) is 12.6. The van der Waals surface area contributed by atoms with Crippen LogP contribution in [-0.4, -0.2) is 16.7 Å². The van der Waals surface area contributed by atoms with E-state index in [1.54, 1.807) is 13.4 Å². The lowest BCUT2D eigenvalue weighted by atomic mass is 10.0. The molecule has 0 saturated heterocycles. The number of nitrogens with two attached hydrogens (primary N) is 1. The number of benzene rings is 1. The van der Waals surface area contributed by atoms with Crippen molar-refractivity contribution in [3.8, 4) is 5.75 Å². The Morgan fingerprint density at radius 2 is 2.06 bits per heavy atom. The zero-order chi connectivity index (χ0) is 13.0. The summed E-state index contributed by atoms with van der Waals surface area (Å²) in [7, 11) is 3.62. The zero-order valence-corrected chi connectivity index (χ0v) is 10.8. The first-order valence-corrected chi connectivity index (χ1v) is 6.05. The summed E-state index contributed by atoms with van der Waals surface area (Å²) in [6.45, 7) is 0. The van der Waals surface area contributed by atoms with Gasteiger partial charge in [-0.1, -0.05) is 12.1 Å². The average molecular weight is 245 g/mol. The number of aromatic nitrogens is 2. The molecule has 1 aromatic heterocycles. The summed E-state index contributed by atoms with van der Waals surface area (Å²) in [4.78, 5) is 4.27. The van der Waals surface area contributed by atoms with Crippen LogP contribution in [0.3, 0.4) is 0 Å². The maximum absolute atomic E-state index is 6.11. The van der Waals surface area contributed by atoms with Crippen LogP contribution < -0.4 is 10.5 Å². The second kappa shape index (κ2) is 5.69. The van der Waals surface area contributed by atoms with E-state index in [1.807, 2.05) is 29.9 Å². The van der Waals surface area contributed by atoms with Gasteiger partial charge < -0.3 is 15.0 Å². The Bertz CT molecular complexity index is 490. The van der Waals surface area contributed by atoms with E-state index in [2.05, 4.69) is 17.1 Å². The molecule has 0 saturated carbocycles. The SMILES string of the molecule is COc1ccc(CCC(N)c2cn(C)cn2)cc1. The van der Waals surface area contributed by atoms with Crippen molar-refractivity contribution >= 4 is 0 Å². The van der Waals surface area contributed by atoms with Crippen molar-refractivity contribution in [1.29, 1.82) is 0 Å². The zero-order valence-electron chi connectivity index (χ0n) is 10.8. The second-order valence-corrected chi connectivity index (χ2v) is 4.46. The van der Waals surface area contributed by atoms with Crippen LogP contribution in [0.25, 0.3) is 0 Å². The summed E-state index contributed by atoms with van der Waals surface area (Å²) in [5, 5.41) is 0. The molecular weight excluding hydrogens is 226 g/mol. The van der Waals surface area contributed by atoms with E-state index in [4.69, 9.17) is 10.5 Å². The van der Waals surface area contributed by atoms with E-state index < -0.39 is 0 Å². The van der Waals surface area contributed by atoms with Gasteiger partial charge in [0.05, 0.1) is 19.1 Å². The highest BCUT2D eigenvalue weighted by molar-refractivity contribution is 5.27. The van der Waals surface area contributed by atoms with Crippen molar-refractivity contribution in [2.75, 3.05) is 7.11 Å². The highest BCUT2D eigenvalue weighted by atomic mass is 16.5. The fourth-order valence-corrected chi connectivity index (χ4v) is 1.89. The molecule has 4 heteroatoms. The number of aryl methyl sites for hydroxylation is 2. The van der Waals surface area contributed by atoms with Crippen molar-refractivity contribution < 1.29 is 4.74 Å². The molecule has 0 spiro atoms. The van der Waals surface area contributed by atoms with Crippen LogP contribution in [0.5, 0.6) is 5.75 Å². The Kier molecular flexibility index (Phi) is 3.99. The molecule has 2 N–H and O–H groups in total. The van der Waals surface area contributed by atoms with Crippen LogP contribution >= 0.6 is 0 Å². The molecule has 0 fully saturated rings. The van der Waals surface area contributed by atoms with Gasteiger partial charge in [-0.15, -0.1) is 0 Å². The summed E-state index contributed by atoms with van der Waals surface area (Å²) in [6, 6.07) is 8.09. The molecule has 1 atom stereocenters. The molecular formula is C14H19N3O. The molecule has 1 heterocycles. The lowest BCUT2D eigenvalue weighted by Crippen LogP contribution is -2.11. The maximum atomic E-state index is 6.11. The third-order valence-electron chi connectivity index (χ3n) is 3.01. The summed E-state index contributed by atoms with van der Waals surface area (Å²) < 4.78 is 7.05. The predicted octanol–water partition coefficient (Wildman–Crippen LogP) is 2.06. The monoisotopic (exact) mass is 245 g/mol. The fraction of sp³-hybridized carbons (Fsp3) is 0.357. The normalized spacial score (nSPS) is 12.4. The minimum Gasteiger partial charge on any atom is -0.497 e. The molecule has 18 heavy (non-hydrogen) atoms. The molecule has 0 bridgehead atoms. The Labute approximate surface area is 107 Å². The molecule has 1 unspecified atom stereocenters. The number of rotatable bonds is 5. The van der Waals surface area contributed by atoms with Gasteiger partial charge in [0.2, 0.25) is 0 Å². The predicted molar refractivity (Wildman–Crippen MR) is 71.5 cm³/mol. The summed E-state index contributed by atoms with van der Waals surface area (Å²) in [5.74, 6) is 0.882. The van der Waals surface area contributed by atoms with Crippen molar-refractivity contribution in [2.24, 2.45) is 12.8 Å². The molecule has 1 aromatic carbocycles. The number of nitrogens with zero attached hydrogens (tertiary/aromatic N) is 2. The minimum absolute atomic E-state index is 0.00620. The fourth-order valence-electron chi connectivity index (χ4n) is 1.89. The van der Waals surface area contributed by atoms with Crippen LogP contribution in [0.4, 0.5) is 0 Å². The Morgan fingerprint density at radius 3 is 2.61 bits per heavy atom. The van der Waals surface area contributed by atoms with E-state index in [0.29, 0.717) is 0 Å². The molecule has 0 radical (unpaired) electrons. The average Bonchev–Trinajstić information content (AvgIpc) is 2.83. The molecule has 0 amide bonds. The lowest BCUT2D eigenvalue weighted by molar-refractivity contribution is 0.414. The summed E-state index contributed by atoms with van der Waals surface area (Å²) in [6.07, 6.45) is 5.59. The third kappa shape index (κ3) is 3.11. The van der Waals surface area contributed by atoms with E-state index in [0.717, 1.165) is 24.3 Å². The van der Waals surface area contributed by atoms with Gasteiger partial charge >= 0.3 is 0 Å². The highest BCUT2D eigenvalue weighted by Crippen LogP contribution is 2.17. The first-order chi connectivity index (χ1) is 8.69. The van der Waals surface area contributed by atoms with E-state index >= 15 is 0 Å². The van der Waals surface area contributed by atoms with E-state index in [-0.39, 0.29) is 6.04 Å². The van der Waals surface area contributed by atoms with Crippen molar-refractivity contribution in [1.82, 2.24) is 9.55 Å². The van der Waals surface area contributed by atoms with E-state index in [1.165, 1.54) is 5.56 Å². The molecule has 0 aliphatic carbocycles. The van der Waals surface area contributed by atoms with Crippen LogP contribution in [0.2, 0.25) is 0 Å². The van der Waals surface area contributed by atoms with Gasteiger partial charge in [-0.3, -0.25) is 0 Å². The minimum atomic E-state index is -0.00620. The highest BCUT2D eigenvalue weighted by Gasteiger charge is 2.08. The van der Waals surface area contributed by atoms with Gasteiger partial charge in [-0.25, -0.2) is 4.98 Å². The topological polar surface area (TPSA) is 53.1 Å². The van der Waals surface area contributed by atoms with Gasteiger partial charge in [0, 0.05) is 19.3 Å². The van der Waals surface area contributed by atoms with Gasteiger partial charge in [0.15, 0.2) is 0 Å². The standard InChI is InChI=1S/C14H19N3O/c1-17-9-14(16-10-17)13(15)8-5-11-3-6-12(18-2)7-4-11/h3-4,6-7,9-10,13H,5,8,15H2,1-2H3. The first-order valence-electron chi connectivity index (χ1n) is 6.05. The number of imidazole rings is 1. The summed E-state index contributed by atoms with van der Waals surface area (Å²) in [5.41, 5.74) is 8.33. The van der Waals surface area contributed by atoms with Gasteiger partial charge in [0.1, 0.15) is 5.75 Å². The van der Waals surface area contributed by atoms with E-state index in [9.17, 15) is 0 Å². The van der Waals surface area contributed by atoms with Crippen LogP contribution in [0, 0.1) is 0 Å². The molecule has 2 rings (SSSR count). The Morgan fingerprint density at radius 1 is 1.33 bits per heavy atom. The van der Waals surface area contributed by atoms with Crippen molar-refractivity contribution in [2.45, 2.75) is 18.9 Å².